The van der Waals surface area contributed by atoms with Gasteiger partial charge < -0.3 is 10.2 Å². The second kappa shape index (κ2) is 4.97. The van der Waals surface area contributed by atoms with Crippen LogP contribution in [0.15, 0.2) is 0 Å². The summed E-state index contributed by atoms with van der Waals surface area (Å²) in [6.45, 7) is 9.74. The van der Waals surface area contributed by atoms with Gasteiger partial charge in [0, 0.05) is 13.1 Å². The van der Waals surface area contributed by atoms with Gasteiger partial charge in [0.1, 0.15) is 0 Å². The topological polar surface area (TPSA) is 32.3 Å². The quantitative estimate of drug-likeness (QED) is 0.758. The van der Waals surface area contributed by atoms with Gasteiger partial charge in [-0.1, -0.05) is 20.8 Å². The molecular formula is C14H26N2O. The first-order valence-corrected chi connectivity index (χ1v) is 7.00. The van der Waals surface area contributed by atoms with Crippen molar-refractivity contribution in [2.75, 3.05) is 19.6 Å². The molecular weight excluding hydrogens is 212 g/mol. The number of nitrogens with zero attached hydrogens (tertiary/aromatic N) is 1. The van der Waals surface area contributed by atoms with Crippen molar-refractivity contribution in [1.29, 1.82) is 0 Å². The predicted molar refractivity (Wildman–Crippen MR) is 69.8 cm³/mol. The molecule has 3 heteroatoms. The molecule has 0 spiro atoms. The molecule has 98 valence electrons. The van der Waals surface area contributed by atoms with E-state index in [1.165, 1.54) is 6.42 Å². The van der Waals surface area contributed by atoms with Gasteiger partial charge in [-0.3, -0.25) is 4.79 Å². The summed E-state index contributed by atoms with van der Waals surface area (Å²) in [5.74, 6) is 1.03. The van der Waals surface area contributed by atoms with Crippen molar-refractivity contribution in [3.63, 3.8) is 0 Å². The fourth-order valence-corrected chi connectivity index (χ4v) is 2.85. The molecule has 2 aliphatic heterocycles. The molecule has 2 unspecified atom stereocenters. The highest BCUT2D eigenvalue weighted by atomic mass is 16.2. The van der Waals surface area contributed by atoms with Gasteiger partial charge >= 0.3 is 0 Å². The number of hydrogen-bond donors (Lipinski definition) is 1. The highest BCUT2D eigenvalue weighted by molar-refractivity contribution is 5.82. The average molecular weight is 238 g/mol. The number of amides is 1. The molecule has 1 amide bonds. The van der Waals surface area contributed by atoms with Crippen LogP contribution in [0.4, 0.5) is 0 Å². The van der Waals surface area contributed by atoms with Crippen LogP contribution >= 0.6 is 0 Å². The van der Waals surface area contributed by atoms with Gasteiger partial charge in [0.25, 0.3) is 0 Å². The van der Waals surface area contributed by atoms with Crippen LogP contribution in [-0.2, 0) is 4.79 Å². The Labute approximate surface area is 105 Å². The third-order valence-electron chi connectivity index (χ3n) is 4.39. The zero-order valence-electron chi connectivity index (χ0n) is 11.5. The first-order chi connectivity index (χ1) is 7.98. The fourth-order valence-electron chi connectivity index (χ4n) is 2.85. The molecule has 2 rings (SSSR count). The number of nitrogens with one attached hydrogen (secondary N) is 1. The Bertz CT molecular complexity index is 278. The molecule has 0 aromatic carbocycles. The van der Waals surface area contributed by atoms with Gasteiger partial charge in [0.15, 0.2) is 0 Å². The molecule has 2 saturated heterocycles. The molecule has 0 saturated carbocycles. The van der Waals surface area contributed by atoms with Crippen LogP contribution in [0.5, 0.6) is 0 Å². The first-order valence-electron chi connectivity index (χ1n) is 7.00. The first kappa shape index (κ1) is 12.9. The maximum absolute atomic E-state index is 12.4. The lowest BCUT2D eigenvalue weighted by molar-refractivity contribution is -0.136. The lowest BCUT2D eigenvalue weighted by atomic mass is 9.82. The van der Waals surface area contributed by atoms with Crippen molar-refractivity contribution in [3.8, 4) is 0 Å². The zero-order chi connectivity index (χ0) is 12.5. The standard InChI is InChI=1S/C14H26N2O/c1-11-4-7-15-12(10-11)13(17)16-8-5-14(2,3)6-9-16/h11-12,15H,4-10H2,1-3H3. The Hall–Kier alpha value is -0.570. The van der Waals surface area contributed by atoms with E-state index in [9.17, 15) is 4.79 Å². The van der Waals surface area contributed by atoms with Gasteiger partial charge in [-0.05, 0) is 43.6 Å². The molecule has 17 heavy (non-hydrogen) atoms. The number of rotatable bonds is 1. The summed E-state index contributed by atoms with van der Waals surface area (Å²) in [5.41, 5.74) is 0.421. The van der Waals surface area contributed by atoms with E-state index in [0.29, 0.717) is 17.2 Å². The summed E-state index contributed by atoms with van der Waals surface area (Å²) in [4.78, 5) is 14.4. The Balaban J connectivity index is 1.88. The SMILES string of the molecule is CC1CCNC(C(=O)N2CCC(C)(C)CC2)C1. The normalized spacial score (nSPS) is 33.5. The third-order valence-corrected chi connectivity index (χ3v) is 4.39. The van der Waals surface area contributed by atoms with E-state index in [4.69, 9.17) is 0 Å². The smallest absolute Gasteiger partial charge is 0.239 e. The average Bonchev–Trinajstić information content (AvgIpc) is 2.28. The minimum atomic E-state index is 0.0833. The maximum Gasteiger partial charge on any atom is 0.239 e. The predicted octanol–water partition coefficient (Wildman–Crippen LogP) is 2.02. The van der Waals surface area contributed by atoms with Gasteiger partial charge in [0.2, 0.25) is 5.91 Å². The number of piperidine rings is 2. The van der Waals surface area contributed by atoms with E-state index >= 15 is 0 Å². The Kier molecular flexibility index (Phi) is 3.76. The van der Waals surface area contributed by atoms with E-state index in [1.54, 1.807) is 0 Å². The summed E-state index contributed by atoms with van der Waals surface area (Å²) in [5, 5.41) is 3.38. The van der Waals surface area contributed by atoms with E-state index < -0.39 is 0 Å². The second-order valence-corrected chi connectivity index (χ2v) is 6.63. The molecule has 0 radical (unpaired) electrons. The molecule has 0 aromatic heterocycles. The fraction of sp³-hybridized carbons (Fsp3) is 0.929. The van der Waals surface area contributed by atoms with Crippen molar-refractivity contribution in [1.82, 2.24) is 10.2 Å². The largest absolute Gasteiger partial charge is 0.341 e. The highest BCUT2D eigenvalue weighted by Crippen LogP contribution is 2.30. The van der Waals surface area contributed by atoms with E-state index in [1.807, 2.05) is 0 Å². The number of carbonyl (C=O) groups excluding carboxylic acids is 1. The molecule has 2 atom stereocenters. The van der Waals surface area contributed by atoms with Gasteiger partial charge in [-0.15, -0.1) is 0 Å². The van der Waals surface area contributed by atoms with Crippen LogP contribution in [0.25, 0.3) is 0 Å². The van der Waals surface area contributed by atoms with E-state index in [-0.39, 0.29) is 6.04 Å². The summed E-state index contributed by atoms with van der Waals surface area (Å²) in [6.07, 6.45) is 4.50. The van der Waals surface area contributed by atoms with Gasteiger partial charge in [-0.25, -0.2) is 0 Å². The monoisotopic (exact) mass is 238 g/mol. The van der Waals surface area contributed by atoms with Crippen molar-refractivity contribution in [2.45, 2.75) is 52.5 Å². The summed E-state index contributed by atoms with van der Waals surface area (Å²) >= 11 is 0. The Morgan fingerprint density at radius 1 is 1.29 bits per heavy atom. The summed E-state index contributed by atoms with van der Waals surface area (Å²) < 4.78 is 0. The Morgan fingerprint density at radius 3 is 2.53 bits per heavy atom. The zero-order valence-corrected chi connectivity index (χ0v) is 11.5. The number of hydrogen-bond acceptors (Lipinski definition) is 2. The molecule has 3 nitrogen and oxygen atoms in total. The van der Waals surface area contributed by atoms with Crippen LogP contribution in [0.1, 0.15) is 46.5 Å². The molecule has 2 heterocycles. The molecule has 1 N–H and O–H groups in total. The van der Waals surface area contributed by atoms with Crippen molar-refractivity contribution in [3.05, 3.63) is 0 Å². The van der Waals surface area contributed by atoms with Crippen LogP contribution in [0.3, 0.4) is 0 Å². The molecule has 0 aliphatic carbocycles. The van der Waals surface area contributed by atoms with Crippen molar-refractivity contribution in [2.24, 2.45) is 11.3 Å². The summed E-state index contributed by atoms with van der Waals surface area (Å²) in [7, 11) is 0. The van der Waals surface area contributed by atoms with Crippen molar-refractivity contribution < 1.29 is 4.79 Å². The van der Waals surface area contributed by atoms with E-state index in [2.05, 4.69) is 31.0 Å². The molecule has 2 aliphatic rings. The minimum absolute atomic E-state index is 0.0833. The number of likely N-dealkylation sites (tertiary alicyclic amines) is 1. The molecule has 0 bridgehead atoms. The van der Waals surface area contributed by atoms with Crippen LogP contribution < -0.4 is 5.32 Å². The lowest BCUT2D eigenvalue weighted by Crippen LogP contribution is -2.52. The van der Waals surface area contributed by atoms with Crippen LogP contribution in [0, 0.1) is 11.3 Å². The van der Waals surface area contributed by atoms with E-state index in [0.717, 1.165) is 38.9 Å². The van der Waals surface area contributed by atoms with Gasteiger partial charge in [0.05, 0.1) is 6.04 Å². The van der Waals surface area contributed by atoms with Crippen LogP contribution in [0.2, 0.25) is 0 Å². The number of carbonyl (C=O) groups is 1. The van der Waals surface area contributed by atoms with Crippen molar-refractivity contribution >= 4 is 5.91 Å². The molecule has 0 aromatic rings. The molecule has 2 fully saturated rings. The summed E-state index contributed by atoms with van der Waals surface area (Å²) in [6, 6.07) is 0.0833. The maximum atomic E-state index is 12.4. The second-order valence-electron chi connectivity index (χ2n) is 6.63. The third kappa shape index (κ3) is 3.21. The van der Waals surface area contributed by atoms with Crippen LogP contribution in [-0.4, -0.2) is 36.5 Å². The van der Waals surface area contributed by atoms with Gasteiger partial charge in [-0.2, -0.15) is 0 Å². The Morgan fingerprint density at radius 2 is 1.94 bits per heavy atom. The highest BCUT2D eigenvalue weighted by Gasteiger charge is 2.32. The lowest BCUT2D eigenvalue weighted by Gasteiger charge is -2.39. The minimum Gasteiger partial charge on any atom is -0.341 e.